The van der Waals surface area contributed by atoms with Gasteiger partial charge in [0.15, 0.2) is 0 Å². The van der Waals surface area contributed by atoms with Gasteiger partial charge in [0.1, 0.15) is 36.4 Å². The SMILES string of the molecule is COC(=O)C(C)(C)COc1ccc(-c2ccc(-c3nc(-c4n[nH]c(C)n4)cn3COCC[Si](C)(C)C)cn2)cc1. The van der Waals surface area contributed by atoms with Crippen LogP contribution in [0.15, 0.2) is 48.8 Å². The third kappa shape index (κ3) is 7.42. The van der Waals surface area contributed by atoms with E-state index in [1.165, 1.54) is 7.11 Å². The summed E-state index contributed by atoms with van der Waals surface area (Å²) in [5.41, 5.74) is 2.56. The zero-order chi connectivity index (χ0) is 28.9. The first-order valence-electron chi connectivity index (χ1n) is 13.3. The Hall–Kier alpha value is -3.83. The molecule has 3 heterocycles. The first-order valence-corrected chi connectivity index (χ1v) is 17.0. The van der Waals surface area contributed by atoms with Gasteiger partial charge in [0.2, 0.25) is 5.82 Å². The Morgan fingerprint density at radius 1 is 1.02 bits per heavy atom. The highest BCUT2D eigenvalue weighted by atomic mass is 28.3. The Kier molecular flexibility index (Phi) is 8.84. The summed E-state index contributed by atoms with van der Waals surface area (Å²) >= 11 is 0. The van der Waals surface area contributed by atoms with E-state index in [9.17, 15) is 4.79 Å². The summed E-state index contributed by atoms with van der Waals surface area (Å²) in [6, 6.07) is 12.7. The number of aryl methyl sites for hydroxylation is 1. The first-order chi connectivity index (χ1) is 18.9. The molecule has 0 aliphatic rings. The average molecular weight is 563 g/mol. The lowest BCUT2D eigenvalue weighted by atomic mass is 9.95. The van der Waals surface area contributed by atoms with Crippen LogP contribution in [0.5, 0.6) is 5.75 Å². The van der Waals surface area contributed by atoms with Crippen molar-refractivity contribution in [3.8, 4) is 39.9 Å². The van der Waals surface area contributed by atoms with Crippen LogP contribution >= 0.6 is 0 Å². The van der Waals surface area contributed by atoms with Crippen LogP contribution < -0.4 is 4.74 Å². The van der Waals surface area contributed by atoms with E-state index in [-0.39, 0.29) is 12.6 Å². The van der Waals surface area contributed by atoms with E-state index >= 15 is 0 Å². The Morgan fingerprint density at radius 3 is 2.35 bits per heavy atom. The highest BCUT2D eigenvalue weighted by Crippen LogP contribution is 2.27. The molecular formula is C29H38N6O4Si. The average Bonchev–Trinajstić information content (AvgIpc) is 3.55. The lowest BCUT2D eigenvalue weighted by Crippen LogP contribution is -2.32. The van der Waals surface area contributed by atoms with Crippen molar-refractivity contribution in [1.29, 1.82) is 0 Å². The normalized spacial score (nSPS) is 12.0. The molecule has 1 N–H and O–H groups in total. The standard InChI is InChI=1S/C29H38N6O4Si/c1-20-31-26(34-33-20)25-17-35(19-38-14-15-40(5,6)7)27(32-25)22-10-13-24(30-16-22)21-8-11-23(12-9-21)39-18-29(2,3)28(36)37-4/h8-13,16-17H,14-15,18-19H2,1-7H3,(H,31,33,34). The van der Waals surface area contributed by atoms with Gasteiger partial charge in [-0.15, -0.1) is 0 Å². The van der Waals surface area contributed by atoms with Gasteiger partial charge in [-0.1, -0.05) is 19.6 Å². The second-order valence-electron chi connectivity index (χ2n) is 11.6. The van der Waals surface area contributed by atoms with Gasteiger partial charge in [-0.25, -0.2) is 9.97 Å². The van der Waals surface area contributed by atoms with Crippen molar-refractivity contribution >= 4 is 14.0 Å². The third-order valence-electron chi connectivity index (χ3n) is 6.34. The maximum atomic E-state index is 11.9. The van der Waals surface area contributed by atoms with Crippen LogP contribution in [0, 0.1) is 12.3 Å². The predicted molar refractivity (Wildman–Crippen MR) is 156 cm³/mol. The highest BCUT2D eigenvalue weighted by molar-refractivity contribution is 6.76. The molecular weight excluding hydrogens is 524 g/mol. The van der Waals surface area contributed by atoms with Gasteiger partial charge in [-0.3, -0.25) is 14.9 Å². The quantitative estimate of drug-likeness (QED) is 0.135. The van der Waals surface area contributed by atoms with Crippen LogP contribution in [0.2, 0.25) is 25.7 Å². The Labute approximate surface area is 236 Å². The van der Waals surface area contributed by atoms with E-state index in [0.717, 1.165) is 34.5 Å². The largest absolute Gasteiger partial charge is 0.492 e. The van der Waals surface area contributed by atoms with E-state index < -0.39 is 13.5 Å². The first kappa shape index (κ1) is 29.2. The second-order valence-corrected chi connectivity index (χ2v) is 17.3. The number of hydrogen-bond donors (Lipinski definition) is 1. The van der Waals surface area contributed by atoms with Crippen molar-refractivity contribution < 1.29 is 19.0 Å². The van der Waals surface area contributed by atoms with E-state index in [1.54, 1.807) is 13.8 Å². The number of carbonyl (C=O) groups excluding carboxylic acids is 1. The van der Waals surface area contributed by atoms with Gasteiger partial charge in [0.05, 0.1) is 18.2 Å². The number of nitrogens with zero attached hydrogens (tertiary/aromatic N) is 5. The number of aromatic amines is 1. The minimum absolute atomic E-state index is 0.218. The fraction of sp³-hybridized carbons (Fsp3) is 0.414. The zero-order valence-corrected chi connectivity index (χ0v) is 25.3. The molecule has 212 valence electrons. The summed E-state index contributed by atoms with van der Waals surface area (Å²) in [6.07, 6.45) is 3.73. The summed E-state index contributed by atoms with van der Waals surface area (Å²) in [7, 11) is 0.189. The zero-order valence-electron chi connectivity index (χ0n) is 24.3. The molecule has 40 heavy (non-hydrogen) atoms. The number of methoxy groups -OCH3 is 1. The number of nitrogens with one attached hydrogen (secondary N) is 1. The van der Waals surface area contributed by atoms with Gasteiger partial charge in [-0.05, 0) is 63.2 Å². The number of hydrogen-bond acceptors (Lipinski definition) is 8. The predicted octanol–water partition coefficient (Wildman–Crippen LogP) is 5.60. The number of imidazole rings is 1. The lowest BCUT2D eigenvalue weighted by Gasteiger charge is -2.21. The summed E-state index contributed by atoms with van der Waals surface area (Å²) in [5, 5.41) is 7.15. The fourth-order valence-corrected chi connectivity index (χ4v) is 4.63. The molecule has 4 rings (SSSR count). The number of rotatable bonds is 12. The topological polar surface area (TPSA) is 117 Å². The van der Waals surface area contributed by atoms with Crippen LogP contribution in [-0.4, -0.2) is 64.1 Å². The molecule has 0 aliphatic heterocycles. The molecule has 0 unspecified atom stereocenters. The molecule has 0 atom stereocenters. The number of carbonyl (C=O) groups is 1. The van der Waals surface area contributed by atoms with Crippen molar-refractivity contribution in [1.82, 2.24) is 29.7 Å². The number of benzene rings is 1. The van der Waals surface area contributed by atoms with E-state index in [2.05, 4.69) is 34.8 Å². The highest BCUT2D eigenvalue weighted by Gasteiger charge is 2.29. The molecule has 3 aromatic heterocycles. The summed E-state index contributed by atoms with van der Waals surface area (Å²) in [5.74, 6) is 2.37. The van der Waals surface area contributed by atoms with Gasteiger partial charge < -0.3 is 18.8 Å². The van der Waals surface area contributed by atoms with Crippen LogP contribution in [0.3, 0.4) is 0 Å². The molecule has 0 radical (unpaired) electrons. The van der Waals surface area contributed by atoms with Crippen molar-refractivity contribution in [2.75, 3.05) is 20.3 Å². The second kappa shape index (κ2) is 12.1. The van der Waals surface area contributed by atoms with Crippen molar-refractivity contribution in [2.24, 2.45) is 5.41 Å². The number of H-pyrrole nitrogens is 1. The molecule has 1 aromatic carbocycles. The van der Waals surface area contributed by atoms with Gasteiger partial charge in [-0.2, -0.15) is 5.10 Å². The van der Waals surface area contributed by atoms with Crippen LogP contribution in [-0.2, 0) is 21.0 Å². The Balaban J connectivity index is 1.49. The van der Waals surface area contributed by atoms with Gasteiger partial charge in [0.25, 0.3) is 0 Å². The molecule has 0 saturated heterocycles. The monoisotopic (exact) mass is 562 g/mol. The molecule has 11 heteroatoms. The van der Waals surface area contributed by atoms with Crippen molar-refractivity contribution in [2.45, 2.75) is 53.2 Å². The van der Waals surface area contributed by atoms with Crippen LogP contribution in [0.25, 0.3) is 34.2 Å². The van der Waals surface area contributed by atoms with Crippen LogP contribution in [0.1, 0.15) is 19.7 Å². The molecule has 10 nitrogen and oxygen atoms in total. The molecule has 0 bridgehead atoms. The molecule has 0 fully saturated rings. The maximum Gasteiger partial charge on any atom is 0.314 e. The summed E-state index contributed by atoms with van der Waals surface area (Å²) in [6.45, 7) is 13.8. The summed E-state index contributed by atoms with van der Waals surface area (Å²) < 4.78 is 18.7. The smallest absolute Gasteiger partial charge is 0.314 e. The molecule has 0 amide bonds. The number of aromatic nitrogens is 6. The van der Waals surface area contributed by atoms with Gasteiger partial charge in [0, 0.05) is 38.2 Å². The van der Waals surface area contributed by atoms with Crippen LogP contribution in [0.4, 0.5) is 0 Å². The van der Waals surface area contributed by atoms with E-state index in [4.69, 9.17) is 24.2 Å². The number of esters is 1. The van der Waals surface area contributed by atoms with Gasteiger partial charge >= 0.3 is 5.97 Å². The molecule has 0 spiro atoms. The molecule has 0 aliphatic carbocycles. The van der Waals surface area contributed by atoms with Crippen molar-refractivity contribution in [3.63, 3.8) is 0 Å². The third-order valence-corrected chi connectivity index (χ3v) is 8.04. The van der Waals surface area contributed by atoms with E-state index in [1.807, 2.05) is 60.3 Å². The number of ether oxygens (including phenoxy) is 3. The molecule has 4 aromatic rings. The number of pyridine rings is 1. The minimum Gasteiger partial charge on any atom is -0.492 e. The fourth-order valence-electron chi connectivity index (χ4n) is 3.87. The summed E-state index contributed by atoms with van der Waals surface area (Å²) in [4.78, 5) is 25.8. The van der Waals surface area contributed by atoms with Crippen molar-refractivity contribution in [3.05, 3.63) is 54.6 Å². The lowest BCUT2D eigenvalue weighted by molar-refractivity contribution is -0.152. The Morgan fingerprint density at radius 2 is 1.75 bits per heavy atom. The Bertz CT molecular complexity index is 1420. The minimum atomic E-state index is -1.19. The maximum absolute atomic E-state index is 11.9. The molecule has 0 saturated carbocycles. The van der Waals surface area contributed by atoms with E-state index in [0.29, 0.717) is 30.6 Å².